The average Bonchev–Trinajstić information content (AvgIpc) is 3.05. The number of carbonyl (C=O) groups is 2. The molecule has 25 heavy (non-hydrogen) atoms. The van der Waals surface area contributed by atoms with Crippen LogP contribution in [-0.4, -0.2) is 18.4 Å². The third-order valence-corrected chi connectivity index (χ3v) is 5.22. The van der Waals surface area contributed by atoms with Gasteiger partial charge in [-0.15, -0.1) is 0 Å². The van der Waals surface area contributed by atoms with Crippen LogP contribution in [0.4, 0.5) is 11.4 Å². The molecule has 2 aromatic rings. The number of hydrogen-bond acceptors (Lipinski definition) is 2. The molecule has 0 bridgehead atoms. The Hall–Kier alpha value is -2.62. The molecule has 1 fully saturated rings. The fourth-order valence-electron chi connectivity index (χ4n) is 3.87. The van der Waals surface area contributed by atoms with Gasteiger partial charge in [-0.1, -0.05) is 30.3 Å². The summed E-state index contributed by atoms with van der Waals surface area (Å²) in [5, 5.41) is 3.09. The van der Waals surface area contributed by atoms with E-state index in [1.165, 1.54) is 24.0 Å². The zero-order valence-corrected chi connectivity index (χ0v) is 14.2. The lowest BCUT2D eigenvalue weighted by molar-refractivity contribution is -0.122. The van der Waals surface area contributed by atoms with Gasteiger partial charge in [0.1, 0.15) is 0 Å². The van der Waals surface area contributed by atoms with Crippen LogP contribution in [0.1, 0.15) is 30.4 Å². The predicted octanol–water partition coefficient (Wildman–Crippen LogP) is 3.56. The standard InChI is InChI=1S/C21H22N2O2/c24-20-13-16(14-23(20)17-9-2-1-3-10-17)21(25)22-19-12-6-8-15-7-4-5-11-18(15)19/h1-3,6,8-10,12,16H,4-5,7,11,13-14H2,(H,22,25). The second-order valence-corrected chi connectivity index (χ2v) is 6.88. The first-order valence-electron chi connectivity index (χ1n) is 8.99. The number of anilines is 2. The van der Waals surface area contributed by atoms with Crippen LogP contribution < -0.4 is 10.2 Å². The van der Waals surface area contributed by atoms with Gasteiger partial charge in [-0.05, 0) is 55.0 Å². The number of aryl methyl sites for hydroxylation is 1. The molecule has 4 nitrogen and oxygen atoms in total. The van der Waals surface area contributed by atoms with E-state index in [2.05, 4.69) is 11.4 Å². The zero-order valence-electron chi connectivity index (χ0n) is 14.2. The van der Waals surface area contributed by atoms with Crippen molar-refractivity contribution in [1.82, 2.24) is 0 Å². The number of carbonyl (C=O) groups excluding carboxylic acids is 2. The summed E-state index contributed by atoms with van der Waals surface area (Å²) < 4.78 is 0. The minimum Gasteiger partial charge on any atom is -0.326 e. The number of para-hydroxylation sites is 1. The lowest BCUT2D eigenvalue weighted by Gasteiger charge is -2.21. The molecule has 128 valence electrons. The van der Waals surface area contributed by atoms with Crippen molar-refractivity contribution in [2.24, 2.45) is 5.92 Å². The normalized spacial score (nSPS) is 19.6. The first-order valence-corrected chi connectivity index (χ1v) is 8.99. The molecule has 1 atom stereocenters. The summed E-state index contributed by atoms with van der Waals surface area (Å²) in [7, 11) is 0. The Morgan fingerprint density at radius 1 is 1.00 bits per heavy atom. The molecular weight excluding hydrogens is 312 g/mol. The maximum absolute atomic E-state index is 12.7. The van der Waals surface area contributed by atoms with Crippen LogP contribution in [0.15, 0.2) is 48.5 Å². The summed E-state index contributed by atoms with van der Waals surface area (Å²) in [4.78, 5) is 26.8. The molecule has 0 spiro atoms. The third kappa shape index (κ3) is 3.16. The first-order chi connectivity index (χ1) is 12.2. The maximum Gasteiger partial charge on any atom is 0.229 e. The van der Waals surface area contributed by atoms with Crippen LogP contribution in [-0.2, 0) is 22.4 Å². The van der Waals surface area contributed by atoms with Gasteiger partial charge in [-0.25, -0.2) is 0 Å². The van der Waals surface area contributed by atoms with E-state index in [0.29, 0.717) is 6.54 Å². The molecule has 1 aliphatic carbocycles. The summed E-state index contributed by atoms with van der Waals surface area (Å²) in [5.74, 6) is -0.334. The van der Waals surface area contributed by atoms with Crippen LogP contribution in [0.25, 0.3) is 0 Å². The van der Waals surface area contributed by atoms with Crippen molar-refractivity contribution in [3.05, 3.63) is 59.7 Å². The van der Waals surface area contributed by atoms with E-state index in [-0.39, 0.29) is 24.2 Å². The SMILES string of the molecule is O=C(Nc1cccc2c1CCCC2)C1CC(=O)N(c2ccccc2)C1. The number of amides is 2. The molecule has 1 unspecified atom stereocenters. The van der Waals surface area contributed by atoms with E-state index < -0.39 is 0 Å². The number of nitrogens with one attached hydrogen (secondary N) is 1. The average molecular weight is 334 g/mol. The third-order valence-electron chi connectivity index (χ3n) is 5.22. The van der Waals surface area contributed by atoms with E-state index >= 15 is 0 Å². The Morgan fingerprint density at radius 2 is 1.80 bits per heavy atom. The fraction of sp³-hybridized carbons (Fsp3) is 0.333. The lowest BCUT2D eigenvalue weighted by Crippen LogP contribution is -2.28. The summed E-state index contributed by atoms with van der Waals surface area (Å²) >= 11 is 0. The highest BCUT2D eigenvalue weighted by molar-refractivity contribution is 6.03. The van der Waals surface area contributed by atoms with Crippen molar-refractivity contribution in [1.29, 1.82) is 0 Å². The Balaban J connectivity index is 1.49. The van der Waals surface area contributed by atoms with Crippen LogP contribution in [0, 0.1) is 5.92 Å². The van der Waals surface area contributed by atoms with Crippen molar-refractivity contribution in [2.45, 2.75) is 32.1 Å². The monoisotopic (exact) mass is 334 g/mol. The Bertz CT molecular complexity index is 801. The number of rotatable bonds is 3. The quantitative estimate of drug-likeness (QED) is 0.933. The van der Waals surface area contributed by atoms with E-state index in [0.717, 1.165) is 24.2 Å². The summed E-state index contributed by atoms with van der Waals surface area (Å²) in [6, 6.07) is 15.7. The van der Waals surface area contributed by atoms with Gasteiger partial charge in [0.05, 0.1) is 5.92 Å². The van der Waals surface area contributed by atoms with Crippen molar-refractivity contribution in [3.63, 3.8) is 0 Å². The van der Waals surface area contributed by atoms with Crippen molar-refractivity contribution in [2.75, 3.05) is 16.8 Å². The van der Waals surface area contributed by atoms with Crippen LogP contribution in [0.2, 0.25) is 0 Å². The zero-order chi connectivity index (χ0) is 17.2. The molecule has 0 aromatic heterocycles. The molecule has 0 saturated carbocycles. The molecule has 1 aliphatic heterocycles. The van der Waals surface area contributed by atoms with Crippen molar-refractivity contribution < 1.29 is 9.59 Å². The van der Waals surface area contributed by atoms with Gasteiger partial charge in [-0.2, -0.15) is 0 Å². The molecule has 4 rings (SSSR count). The molecule has 4 heteroatoms. The molecule has 1 heterocycles. The van der Waals surface area contributed by atoms with E-state index in [4.69, 9.17) is 0 Å². The predicted molar refractivity (Wildman–Crippen MR) is 98.6 cm³/mol. The molecule has 1 saturated heterocycles. The van der Waals surface area contributed by atoms with Crippen LogP contribution >= 0.6 is 0 Å². The number of nitrogens with zero attached hydrogens (tertiary/aromatic N) is 1. The minimum atomic E-state index is -0.299. The Morgan fingerprint density at radius 3 is 2.64 bits per heavy atom. The van der Waals surface area contributed by atoms with Crippen molar-refractivity contribution in [3.8, 4) is 0 Å². The van der Waals surface area contributed by atoms with E-state index in [1.54, 1.807) is 4.90 Å². The fourth-order valence-corrected chi connectivity index (χ4v) is 3.87. The van der Waals surface area contributed by atoms with Gasteiger partial charge in [0, 0.05) is 24.3 Å². The smallest absolute Gasteiger partial charge is 0.229 e. The number of fused-ring (bicyclic) bond motifs is 1. The lowest BCUT2D eigenvalue weighted by atomic mass is 9.90. The maximum atomic E-state index is 12.7. The summed E-state index contributed by atoms with van der Waals surface area (Å²) in [5.41, 5.74) is 4.40. The number of benzene rings is 2. The van der Waals surface area contributed by atoms with Crippen molar-refractivity contribution >= 4 is 23.2 Å². The molecular formula is C21H22N2O2. The molecule has 2 aliphatic rings. The highest BCUT2D eigenvalue weighted by Gasteiger charge is 2.35. The van der Waals surface area contributed by atoms with Crippen LogP contribution in [0.3, 0.4) is 0 Å². The Kier molecular flexibility index (Phi) is 4.26. The minimum absolute atomic E-state index is 0.0152. The van der Waals surface area contributed by atoms with Gasteiger partial charge in [0.2, 0.25) is 11.8 Å². The topological polar surface area (TPSA) is 49.4 Å². The molecule has 0 radical (unpaired) electrons. The second kappa shape index (κ2) is 6.71. The van der Waals surface area contributed by atoms with E-state index in [1.807, 2.05) is 42.5 Å². The summed E-state index contributed by atoms with van der Waals surface area (Å²) in [6.07, 6.45) is 4.77. The van der Waals surface area contributed by atoms with Gasteiger partial charge >= 0.3 is 0 Å². The largest absolute Gasteiger partial charge is 0.326 e. The first kappa shape index (κ1) is 15.9. The molecule has 2 aromatic carbocycles. The molecule has 1 N–H and O–H groups in total. The van der Waals surface area contributed by atoms with Gasteiger partial charge in [0.15, 0.2) is 0 Å². The highest BCUT2D eigenvalue weighted by atomic mass is 16.2. The van der Waals surface area contributed by atoms with Gasteiger partial charge < -0.3 is 10.2 Å². The van der Waals surface area contributed by atoms with Gasteiger partial charge in [0.25, 0.3) is 0 Å². The highest BCUT2D eigenvalue weighted by Crippen LogP contribution is 2.30. The Labute approximate surface area is 147 Å². The molecule has 2 amide bonds. The van der Waals surface area contributed by atoms with Crippen LogP contribution in [0.5, 0.6) is 0 Å². The number of hydrogen-bond donors (Lipinski definition) is 1. The second-order valence-electron chi connectivity index (χ2n) is 6.88. The van der Waals surface area contributed by atoms with E-state index in [9.17, 15) is 9.59 Å². The summed E-state index contributed by atoms with van der Waals surface area (Å²) in [6.45, 7) is 0.448. The van der Waals surface area contributed by atoms with Gasteiger partial charge in [-0.3, -0.25) is 9.59 Å².